The minimum Gasteiger partial charge on any atom is -0.483 e. The van der Waals surface area contributed by atoms with Crippen LogP contribution in [0.3, 0.4) is 0 Å². The molecule has 0 spiro atoms. The van der Waals surface area contributed by atoms with Crippen molar-refractivity contribution in [1.82, 2.24) is 9.88 Å². The Bertz CT molecular complexity index is 879. The number of aromatic nitrogens is 1. The molecule has 1 fully saturated rings. The van der Waals surface area contributed by atoms with E-state index in [-0.39, 0.29) is 18.4 Å². The van der Waals surface area contributed by atoms with Crippen LogP contribution in [0.15, 0.2) is 36.4 Å². The van der Waals surface area contributed by atoms with Crippen LogP contribution >= 0.6 is 0 Å². The summed E-state index contributed by atoms with van der Waals surface area (Å²) >= 11 is 0. The van der Waals surface area contributed by atoms with E-state index < -0.39 is 0 Å². The van der Waals surface area contributed by atoms with Gasteiger partial charge in [0.15, 0.2) is 12.4 Å². The van der Waals surface area contributed by atoms with Crippen molar-refractivity contribution < 1.29 is 19.1 Å². The Morgan fingerprint density at radius 1 is 1.10 bits per heavy atom. The summed E-state index contributed by atoms with van der Waals surface area (Å²) in [4.78, 5) is 32.4. The van der Waals surface area contributed by atoms with E-state index in [1.165, 1.54) is 0 Å². The molecular weight excluding hydrogens is 372 g/mol. The van der Waals surface area contributed by atoms with Crippen LogP contribution in [0.1, 0.15) is 12.5 Å². The number of nitrogens with zero attached hydrogens (tertiary/aromatic N) is 3. The summed E-state index contributed by atoms with van der Waals surface area (Å²) in [6.45, 7) is 5.87. The minimum atomic E-state index is -0.274. The number of carbonyl (C=O) groups is 2. The second-order valence-corrected chi connectivity index (χ2v) is 6.82. The first-order valence-electron chi connectivity index (χ1n) is 9.51. The number of hydrogen-bond acceptors (Lipinski definition) is 6. The highest BCUT2D eigenvalue weighted by Gasteiger charge is 2.23. The number of hydrogen-bond donors (Lipinski definition) is 1. The van der Waals surface area contributed by atoms with Gasteiger partial charge in [0, 0.05) is 39.2 Å². The summed E-state index contributed by atoms with van der Waals surface area (Å²) in [7, 11) is 1.55. The highest BCUT2D eigenvalue weighted by atomic mass is 16.5. The molecule has 1 aliphatic rings. The van der Waals surface area contributed by atoms with E-state index in [1.54, 1.807) is 31.1 Å². The van der Waals surface area contributed by atoms with Gasteiger partial charge in [-0.25, -0.2) is 0 Å². The predicted octanol–water partition coefficient (Wildman–Crippen LogP) is 2.08. The first-order valence-corrected chi connectivity index (χ1v) is 9.51. The molecule has 3 rings (SSSR count). The van der Waals surface area contributed by atoms with Crippen LogP contribution < -0.4 is 19.7 Å². The van der Waals surface area contributed by atoms with Gasteiger partial charge in [-0.1, -0.05) is 18.2 Å². The Hall–Kier alpha value is -3.29. The molecule has 0 radical (unpaired) electrons. The monoisotopic (exact) mass is 398 g/mol. The third kappa shape index (κ3) is 5.16. The summed E-state index contributed by atoms with van der Waals surface area (Å²) in [6, 6.07) is 11.0. The third-order valence-electron chi connectivity index (χ3n) is 4.81. The number of methoxy groups -OCH3 is 1. The summed E-state index contributed by atoms with van der Waals surface area (Å²) in [5, 5.41) is 2.88. The van der Waals surface area contributed by atoms with Crippen LogP contribution in [0.2, 0.25) is 0 Å². The van der Waals surface area contributed by atoms with Crippen LogP contribution in [0.5, 0.6) is 11.6 Å². The molecule has 0 unspecified atom stereocenters. The lowest BCUT2D eigenvalue weighted by atomic mass is 10.2. The molecule has 1 saturated heterocycles. The molecule has 1 aromatic heterocycles. The topological polar surface area (TPSA) is 84.0 Å². The van der Waals surface area contributed by atoms with Crippen LogP contribution in [0.25, 0.3) is 0 Å². The Morgan fingerprint density at radius 3 is 2.48 bits per heavy atom. The number of para-hydroxylation sites is 1. The van der Waals surface area contributed by atoms with Crippen LogP contribution in [0, 0.1) is 6.92 Å². The number of nitrogens with one attached hydrogen (secondary N) is 1. The lowest BCUT2D eigenvalue weighted by molar-refractivity contribution is -0.129. The van der Waals surface area contributed by atoms with Gasteiger partial charge in [0.05, 0.1) is 12.8 Å². The fourth-order valence-corrected chi connectivity index (χ4v) is 3.16. The molecule has 8 heteroatoms. The quantitative estimate of drug-likeness (QED) is 0.802. The largest absolute Gasteiger partial charge is 0.483 e. The van der Waals surface area contributed by atoms with Crippen molar-refractivity contribution in [2.75, 3.05) is 50.1 Å². The molecule has 154 valence electrons. The van der Waals surface area contributed by atoms with Gasteiger partial charge in [0.25, 0.3) is 5.91 Å². The molecule has 0 saturated carbocycles. The van der Waals surface area contributed by atoms with Crippen molar-refractivity contribution in [3.8, 4) is 11.6 Å². The second kappa shape index (κ2) is 9.27. The number of benzene rings is 1. The zero-order valence-corrected chi connectivity index (χ0v) is 17.0. The van der Waals surface area contributed by atoms with E-state index in [4.69, 9.17) is 9.47 Å². The van der Waals surface area contributed by atoms with Gasteiger partial charge >= 0.3 is 0 Å². The fourth-order valence-electron chi connectivity index (χ4n) is 3.16. The highest BCUT2D eigenvalue weighted by Crippen LogP contribution is 2.27. The van der Waals surface area contributed by atoms with Crippen LogP contribution in [-0.4, -0.2) is 61.6 Å². The van der Waals surface area contributed by atoms with Crippen molar-refractivity contribution in [2.24, 2.45) is 0 Å². The van der Waals surface area contributed by atoms with E-state index >= 15 is 0 Å². The standard InChI is InChI=1S/C21H26N4O4/c1-15-6-4-5-7-18(15)29-14-19(27)22-17-8-9-20(28-3)23-21(17)25-12-10-24(11-13-25)16(2)26/h4-9H,10-14H2,1-3H3,(H,22,27). The molecule has 0 aliphatic carbocycles. The number of anilines is 2. The Morgan fingerprint density at radius 2 is 1.83 bits per heavy atom. The van der Waals surface area contributed by atoms with E-state index in [1.807, 2.05) is 36.1 Å². The Labute approximate surface area is 170 Å². The van der Waals surface area contributed by atoms with Crippen molar-refractivity contribution in [1.29, 1.82) is 0 Å². The van der Waals surface area contributed by atoms with Gasteiger partial charge in [0.2, 0.25) is 11.8 Å². The number of rotatable bonds is 6. The number of piperazine rings is 1. The lowest BCUT2D eigenvalue weighted by Crippen LogP contribution is -2.48. The third-order valence-corrected chi connectivity index (χ3v) is 4.81. The van der Waals surface area contributed by atoms with Gasteiger partial charge in [-0.3, -0.25) is 9.59 Å². The zero-order chi connectivity index (χ0) is 20.8. The van der Waals surface area contributed by atoms with Crippen molar-refractivity contribution >= 4 is 23.3 Å². The maximum Gasteiger partial charge on any atom is 0.262 e. The fraction of sp³-hybridized carbons (Fsp3) is 0.381. The molecule has 8 nitrogen and oxygen atoms in total. The van der Waals surface area contributed by atoms with Gasteiger partial charge in [0.1, 0.15) is 5.75 Å². The second-order valence-electron chi connectivity index (χ2n) is 6.82. The summed E-state index contributed by atoms with van der Waals surface area (Å²) in [5.74, 6) is 1.55. The first-order chi connectivity index (χ1) is 14.0. The van der Waals surface area contributed by atoms with Crippen molar-refractivity contribution in [2.45, 2.75) is 13.8 Å². The predicted molar refractivity (Wildman–Crippen MR) is 111 cm³/mol. The molecule has 2 amide bonds. The molecule has 29 heavy (non-hydrogen) atoms. The number of ether oxygens (including phenoxy) is 2. The number of carbonyl (C=O) groups excluding carboxylic acids is 2. The van der Waals surface area contributed by atoms with Crippen molar-refractivity contribution in [3.05, 3.63) is 42.0 Å². The number of aryl methyl sites for hydroxylation is 1. The Kier molecular flexibility index (Phi) is 6.54. The molecule has 2 aromatic rings. The average Bonchev–Trinajstić information content (AvgIpc) is 2.73. The van der Waals surface area contributed by atoms with Crippen LogP contribution in [0.4, 0.5) is 11.5 Å². The molecule has 2 heterocycles. The lowest BCUT2D eigenvalue weighted by Gasteiger charge is -2.35. The van der Waals surface area contributed by atoms with E-state index in [0.29, 0.717) is 49.3 Å². The molecular formula is C21H26N4O4. The normalized spacial score (nSPS) is 13.8. The molecule has 1 aliphatic heterocycles. The number of amides is 2. The van der Waals surface area contributed by atoms with Crippen LogP contribution in [-0.2, 0) is 9.59 Å². The van der Waals surface area contributed by atoms with Gasteiger partial charge in [-0.15, -0.1) is 0 Å². The minimum absolute atomic E-state index is 0.0603. The SMILES string of the molecule is COc1ccc(NC(=O)COc2ccccc2C)c(N2CCN(C(C)=O)CC2)n1. The number of pyridine rings is 1. The summed E-state index contributed by atoms with van der Waals surface area (Å²) in [5.41, 5.74) is 1.55. The molecule has 0 atom stereocenters. The zero-order valence-electron chi connectivity index (χ0n) is 17.0. The molecule has 1 aromatic carbocycles. The molecule has 0 bridgehead atoms. The van der Waals surface area contributed by atoms with E-state index in [9.17, 15) is 9.59 Å². The molecule has 1 N–H and O–H groups in total. The average molecular weight is 398 g/mol. The van der Waals surface area contributed by atoms with E-state index in [2.05, 4.69) is 10.3 Å². The summed E-state index contributed by atoms with van der Waals surface area (Å²) in [6.07, 6.45) is 0. The van der Waals surface area contributed by atoms with Crippen molar-refractivity contribution in [3.63, 3.8) is 0 Å². The first kappa shape index (κ1) is 20.4. The highest BCUT2D eigenvalue weighted by molar-refractivity contribution is 5.94. The van der Waals surface area contributed by atoms with Gasteiger partial charge in [-0.2, -0.15) is 4.98 Å². The van der Waals surface area contributed by atoms with Gasteiger partial charge in [-0.05, 0) is 24.6 Å². The summed E-state index contributed by atoms with van der Waals surface area (Å²) < 4.78 is 10.9. The maximum atomic E-state index is 12.5. The Balaban J connectivity index is 1.69. The van der Waals surface area contributed by atoms with Gasteiger partial charge < -0.3 is 24.6 Å². The maximum absolute atomic E-state index is 12.5. The smallest absolute Gasteiger partial charge is 0.262 e. The van der Waals surface area contributed by atoms with E-state index in [0.717, 1.165) is 5.56 Å².